The van der Waals surface area contributed by atoms with Crippen molar-refractivity contribution in [2.75, 3.05) is 38.1 Å². The summed E-state index contributed by atoms with van der Waals surface area (Å²) in [7, 11) is 2.12. The highest BCUT2D eigenvalue weighted by atomic mass is 19.1. The van der Waals surface area contributed by atoms with Crippen molar-refractivity contribution in [2.45, 2.75) is 26.4 Å². The van der Waals surface area contributed by atoms with Crippen LogP contribution in [0.5, 0.6) is 0 Å². The number of hydrogen-bond donors (Lipinski definition) is 1. The van der Waals surface area contributed by atoms with Gasteiger partial charge in [-0.3, -0.25) is 0 Å². The summed E-state index contributed by atoms with van der Waals surface area (Å²) in [6, 6.07) is 3.34. The average molecular weight is 266 g/mol. The van der Waals surface area contributed by atoms with Crippen LogP contribution in [0.15, 0.2) is 12.1 Å². The summed E-state index contributed by atoms with van der Waals surface area (Å²) in [6.07, 6.45) is 0.442. The molecule has 1 fully saturated rings. The van der Waals surface area contributed by atoms with Gasteiger partial charge in [0.25, 0.3) is 0 Å². The quantitative estimate of drug-likeness (QED) is 0.890. The lowest BCUT2D eigenvalue weighted by molar-refractivity contribution is 0.199. The van der Waals surface area contributed by atoms with Gasteiger partial charge < -0.3 is 14.9 Å². The molecule has 1 aromatic rings. The zero-order chi connectivity index (χ0) is 14.0. The van der Waals surface area contributed by atoms with E-state index in [1.54, 1.807) is 13.8 Å². The summed E-state index contributed by atoms with van der Waals surface area (Å²) in [6.45, 7) is 7.42. The first-order valence-corrected chi connectivity index (χ1v) is 6.90. The van der Waals surface area contributed by atoms with E-state index in [0.717, 1.165) is 38.3 Å². The van der Waals surface area contributed by atoms with Crippen molar-refractivity contribution < 1.29 is 9.50 Å². The zero-order valence-electron chi connectivity index (χ0n) is 12.0. The minimum absolute atomic E-state index is 0.244. The molecule has 0 unspecified atom stereocenters. The molecule has 1 atom stereocenters. The van der Waals surface area contributed by atoms with E-state index in [1.807, 2.05) is 6.07 Å². The topological polar surface area (TPSA) is 26.7 Å². The van der Waals surface area contributed by atoms with Crippen LogP contribution >= 0.6 is 0 Å². The molecular weight excluding hydrogens is 243 g/mol. The molecule has 1 heterocycles. The lowest BCUT2D eigenvalue weighted by Crippen LogP contribution is -2.29. The second kappa shape index (κ2) is 5.88. The predicted octanol–water partition coefficient (Wildman–Crippen LogP) is 2.33. The monoisotopic (exact) mass is 266 g/mol. The molecule has 1 saturated heterocycles. The number of benzene rings is 1. The number of aryl methyl sites for hydroxylation is 1. The van der Waals surface area contributed by atoms with E-state index in [-0.39, 0.29) is 5.82 Å². The summed E-state index contributed by atoms with van der Waals surface area (Å²) in [5.41, 5.74) is 2.30. The molecule has 1 N–H and O–H groups in total. The van der Waals surface area contributed by atoms with Gasteiger partial charge in [0, 0.05) is 30.9 Å². The third kappa shape index (κ3) is 3.25. The number of rotatable bonds is 2. The fourth-order valence-corrected chi connectivity index (χ4v) is 2.58. The summed E-state index contributed by atoms with van der Waals surface area (Å²) in [5.74, 6) is -0.244. The molecule has 0 aromatic heterocycles. The largest absolute Gasteiger partial charge is 0.389 e. The predicted molar refractivity (Wildman–Crippen MR) is 76.1 cm³/mol. The highest BCUT2D eigenvalue weighted by Gasteiger charge is 2.19. The number of halogens is 1. The van der Waals surface area contributed by atoms with Crippen LogP contribution in [0.3, 0.4) is 0 Å². The summed E-state index contributed by atoms with van der Waals surface area (Å²) < 4.78 is 13.7. The van der Waals surface area contributed by atoms with Gasteiger partial charge >= 0.3 is 0 Å². The molecule has 4 heteroatoms. The van der Waals surface area contributed by atoms with E-state index < -0.39 is 6.10 Å². The maximum absolute atomic E-state index is 13.7. The first-order chi connectivity index (χ1) is 8.99. The minimum atomic E-state index is -0.647. The van der Waals surface area contributed by atoms with Crippen molar-refractivity contribution in [2.24, 2.45) is 0 Å². The van der Waals surface area contributed by atoms with Gasteiger partial charge in [0.15, 0.2) is 0 Å². The van der Waals surface area contributed by atoms with E-state index >= 15 is 0 Å². The van der Waals surface area contributed by atoms with Crippen LogP contribution < -0.4 is 4.90 Å². The normalized spacial score (nSPS) is 19.3. The van der Waals surface area contributed by atoms with Crippen molar-refractivity contribution >= 4 is 5.69 Å². The molecule has 1 aromatic carbocycles. The van der Waals surface area contributed by atoms with Gasteiger partial charge in [-0.25, -0.2) is 4.39 Å². The molecule has 0 spiro atoms. The van der Waals surface area contributed by atoms with Crippen molar-refractivity contribution in [1.82, 2.24) is 4.90 Å². The second-order valence-electron chi connectivity index (χ2n) is 5.48. The fourth-order valence-electron chi connectivity index (χ4n) is 2.58. The van der Waals surface area contributed by atoms with Gasteiger partial charge in [-0.05, 0) is 51.6 Å². The fraction of sp³-hybridized carbons (Fsp3) is 0.600. The zero-order valence-corrected chi connectivity index (χ0v) is 12.0. The third-order valence-electron chi connectivity index (χ3n) is 3.82. The molecule has 0 saturated carbocycles. The molecule has 0 amide bonds. The number of anilines is 1. The van der Waals surface area contributed by atoms with Gasteiger partial charge in [-0.15, -0.1) is 0 Å². The number of hydrogen-bond acceptors (Lipinski definition) is 3. The Morgan fingerprint density at radius 1 is 1.21 bits per heavy atom. The van der Waals surface area contributed by atoms with Crippen LogP contribution in [0, 0.1) is 12.7 Å². The maximum Gasteiger partial charge on any atom is 0.126 e. The Labute approximate surface area is 114 Å². The summed E-state index contributed by atoms with van der Waals surface area (Å²) in [4.78, 5) is 4.57. The Hall–Kier alpha value is -1.13. The molecule has 19 heavy (non-hydrogen) atoms. The molecular formula is C15H23FN2O. The molecule has 1 aliphatic heterocycles. The Morgan fingerprint density at radius 3 is 2.63 bits per heavy atom. The number of nitrogens with zero attached hydrogens (tertiary/aromatic N) is 2. The van der Waals surface area contributed by atoms with Gasteiger partial charge in [0.2, 0.25) is 0 Å². The number of likely N-dealkylation sites (N-methyl/N-ethyl adjacent to an activating group) is 1. The van der Waals surface area contributed by atoms with Crippen molar-refractivity contribution in [3.8, 4) is 0 Å². The van der Waals surface area contributed by atoms with Gasteiger partial charge in [0.05, 0.1) is 6.10 Å². The van der Waals surface area contributed by atoms with Crippen molar-refractivity contribution in [3.05, 3.63) is 29.1 Å². The lowest BCUT2D eigenvalue weighted by Gasteiger charge is -2.27. The molecule has 1 aliphatic rings. The Kier molecular flexibility index (Phi) is 4.42. The SMILES string of the molecule is Cc1cc(N2CCCN(C)CC2)c([C@@H](C)O)cc1F. The maximum atomic E-state index is 13.7. The van der Waals surface area contributed by atoms with Crippen molar-refractivity contribution in [1.29, 1.82) is 0 Å². The average Bonchev–Trinajstić information content (AvgIpc) is 2.57. The number of aliphatic hydroxyl groups excluding tert-OH is 1. The standard InChI is InChI=1S/C15H23FN2O/c1-11-9-15(13(12(2)19)10-14(11)16)18-6-4-5-17(3)7-8-18/h9-10,12,19H,4-8H2,1-3H3/t12-/m1/s1. The lowest BCUT2D eigenvalue weighted by atomic mass is 10.0. The van der Waals surface area contributed by atoms with Crippen LogP contribution in [-0.4, -0.2) is 43.2 Å². The number of aliphatic hydroxyl groups is 1. The van der Waals surface area contributed by atoms with Crippen LogP contribution in [0.4, 0.5) is 10.1 Å². The molecule has 0 aliphatic carbocycles. The molecule has 106 valence electrons. The first-order valence-electron chi connectivity index (χ1n) is 6.90. The Bertz CT molecular complexity index is 448. The van der Waals surface area contributed by atoms with E-state index in [9.17, 15) is 9.50 Å². The Morgan fingerprint density at radius 2 is 1.95 bits per heavy atom. The smallest absolute Gasteiger partial charge is 0.126 e. The van der Waals surface area contributed by atoms with Crippen molar-refractivity contribution in [3.63, 3.8) is 0 Å². The molecule has 3 nitrogen and oxygen atoms in total. The highest BCUT2D eigenvalue weighted by molar-refractivity contribution is 5.57. The van der Waals surface area contributed by atoms with E-state index in [1.165, 1.54) is 6.07 Å². The molecule has 2 rings (SSSR count). The minimum Gasteiger partial charge on any atom is -0.389 e. The van der Waals surface area contributed by atoms with E-state index in [4.69, 9.17) is 0 Å². The van der Waals surface area contributed by atoms with E-state index in [0.29, 0.717) is 11.1 Å². The second-order valence-corrected chi connectivity index (χ2v) is 5.48. The van der Waals surface area contributed by atoms with E-state index in [2.05, 4.69) is 16.8 Å². The van der Waals surface area contributed by atoms with Crippen LogP contribution in [-0.2, 0) is 0 Å². The summed E-state index contributed by atoms with van der Waals surface area (Å²) in [5, 5.41) is 9.87. The first kappa shape index (κ1) is 14.3. The molecule has 0 radical (unpaired) electrons. The van der Waals surface area contributed by atoms with Crippen LogP contribution in [0.2, 0.25) is 0 Å². The van der Waals surface area contributed by atoms with Crippen LogP contribution in [0.1, 0.15) is 30.6 Å². The third-order valence-corrected chi connectivity index (χ3v) is 3.82. The van der Waals surface area contributed by atoms with Gasteiger partial charge in [0.1, 0.15) is 5.82 Å². The Balaban J connectivity index is 2.34. The van der Waals surface area contributed by atoms with Gasteiger partial charge in [-0.1, -0.05) is 0 Å². The van der Waals surface area contributed by atoms with Gasteiger partial charge in [-0.2, -0.15) is 0 Å². The summed E-state index contributed by atoms with van der Waals surface area (Å²) >= 11 is 0. The van der Waals surface area contributed by atoms with Crippen LogP contribution in [0.25, 0.3) is 0 Å². The highest BCUT2D eigenvalue weighted by Crippen LogP contribution is 2.30. The molecule has 0 bridgehead atoms.